The number of amides is 2. The van der Waals surface area contributed by atoms with E-state index >= 15 is 0 Å². The number of rotatable bonds is 2. The molecule has 2 N–H and O–H groups in total. The molecule has 2 heterocycles. The monoisotopic (exact) mass is 274 g/mol. The molecule has 1 aliphatic carbocycles. The highest BCUT2D eigenvalue weighted by Gasteiger charge is 2.58. The molecule has 3 aliphatic rings. The smallest absolute Gasteiger partial charge is 0.233 e. The van der Waals surface area contributed by atoms with Crippen molar-refractivity contribution in [3.63, 3.8) is 0 Å². The van der Waals surface area contributed by atoms with Gasteiger partial charge in [0.15, 0.2) is 6.79 Å². The summed E-state index contributed by atoms with van der Waals surface area (Å²) in [6.45, 7) is 0.843. The number of piperidine rings is 1. The van der Waals surface area contributed by atoms with E-state index < -0.39 is 0 Å². The molecule has 2 atom stereocenters. The van der Waals surface area contributed by atoms with Crippen LogP contribution in [-0.4, -0.2) is 23.5 Å². The second-order valence-electron chi connectivity index (χ2n) is 5.49. The van der Waals surface area contributed by atoms with E-state index in [1.807, 2.05) is 0 Å². The number of nitrogens with two attached hydrogens (primary N) is 1. The zero-order valence-corrected chi connectivity index (χ0v) is 10.8. The van der Waals surface area contributed by atoms with Crippen LogP contribution in [0.5, 0.6) is 5.75 Å². The first-order chi connectivity index (χ1) is 9.65. The van der Waals surface area contributed by atoms with Crippen molar-refractivity contribution in [3.05, 3.63) is 23.3 Å². The van der Waals surface area contributed by atoms with Gasteiger partial charge in [-0.1, -0.05) is 0 Å². The predicted molar refractivity (Wildman–Crippen MR) is 68.3 cm³/mol. The maximum atomic E-state index is 12.0. The average molecular weight is 274 g/mol. The van der Waals surface area contributed by atoms with Crippen molar-refractivity contribution >= 4 is 17.5 Å². The quantitative estimate of drug-likeness (QED) is 0.632. The molecule has 2 unspecified atom stereocenters. The normalized spacial score (nSPS) is 27.1. The molecule has 20 heavy (non-hydrogen) atoms. The number of likely N-dealkylation sites (tertiary alicyclic amines) is 1. The van der Waals surface area contributed by atoms with Crippen LogP contribution in [0.4, 0.5) is 5.69 Å². The lowest BCUT2D eigenvalue weighted by molar-refractivity contribution is -0.142. The molecule has 0 aromatic heterocycles. The Labute approximate surface area is 115 Å². The van der Waals surface area contributed by atoms with Crippen LogP contribution in [0.3, 0.4) is 0 Å². The van der Waals surface area contributed by atoms with Crippen molar-refractivity contribution in [1.82, 2.24) is 4.90 Å². The fourth-order valence-electron chi connectivity index (χ4n) is 3.02. The number of carbonyl (C=O) groups excluding carboxylic acids is 2. The van der Waals surface area contributed by atoms with Crippen molar-refractivity contribution in [2.24, 2.45) is 11.8 Å². The second-order valence-corrected chi connectivity index (χ2v) is 5.49. The van der Waals surface area contributed by atoms with Gasteiger partial charge in [0.05, 0.1) is 25.0 Å². The van der Waals surface area contributed by atoms with Crippen molar-refractivity contribution in [3.8, 4) is 5.75 Å². The number of ether oxygens (including phenoxy) is 2. The van der Waals surface area contributed by atoms with E-state index in [1.165, 1.54) is 4.90 Å². The van der Waals surface area contributed by atoms with E-state index in [0.29, 0.717) is 24.5 Å². The Morgan fingerprint density at radius 2 is 2.00 bits per heavy atom. The van der Waals surface area contributed by atoms with Crippen molar-refractivity contribution in [2.75, 3.05) is 12.5 Å². The van der Waals surface area contributed by atoms with Gasteiger partial charge in [-0.25, -0.2) is 0 Å². The minimum absolute atomic E-state index is 0.0665. The molecule has 1 saturated heterocycles. The van der Waals surface area contributed by atoms with Crippen LogP contribution in [0.25, 0.3) is 0 Å². The Hall–Kier alpha value is -2.08. The lowest BCUT2D eigenvalue weighted by atomic mass is 10.1. The first kappa shape index (κ1) is 11.7. The third-order valence-corrected chi connectivity index (χ3v) is 4.09. The molecule has 1 aromatic carbocycles. The summed E-state index contributed by atoms with van der Waals surface area (Å²) in [6.07, 6.45) is 0.716. The number of nitrogens with zero attached hydrogens (tertiary/aromatic N) is 1. The van der Waals surface area contributed by atoms with Gasteiger partial charge in [0.1, 0.15) is 5.75 Å². The van der Waals surface area contributed by atoms with Crippen LogP contribution < -0.4 is 10.5 Å². The number of carbonyl (C=O) groups is 2. The molecule has 1 saturated carbocycles. The van der Waals surface area contributed by atoms with Gasteiger partial charge in [-0.05, 0) is 18.6 Å². The number of anilines is 1. The summed E-state index contributed by atoms with van der Waals surface area (Å²) in [7, 11) is 0. The number of hydrogen-bond donors (Lipinski definition) is 1. The average Bonchev–Trinajstić information content (AvgIpc) is 3.19. The Morgan fingerprint density at radius 3 is 2.75 bits per heavy atom. The van der Waals surface area contributed by atoms with E-state index in [9.17, 15) is 9.59 Å². The maximum Gasteiger partial charge on any atom is 0.233 e. The lowest BCUT2D eigenvalue weighted by Crippen LogP contribution is -2.32. The highest BCUT2D eigenvalue weighted by molar-refractivity contribution is 6.08. The Balaban J connectivity index is 1.67. The minimum atomic E-state index is -0.0800. The summed E-state index contributed by atoms with van der Waals surface area (Å²) in [5.74, 6) is 0.394. The predicted octanol–water partition coefficient (Wildman–Crippen LogP) is 0.640. The largest absolute Gasteiger partial charge is 0.467 e. The topological polar surface area (TPSA) is 81.9 Å². The van der Waals surface area contributed by atoms with E-state index in [4.69, 9.17) is 15.2 Å². The molecule has 4 rings (SSSR count). The van der Waals surface area contributed by atoms with Crippen LogP contribution in [0, 0.1) is 11.8 Å². The van der Waals surface area contributed by atoms with Crippen LogP contribution in [0.2, 0.25) is 0 Å². The Bertz CT molecular complexity index is 608. The van der Waals surface area contributed by atoms with Crippen LogP contribution in [0.1, 0.15) is 17.5 Å². The van der Waals surface area contributed by atoms with Gasteiger partial charge in [0.2, 0.25) is 11.8 Å². The van der Waals surface area contributed by atoms with Gasteiger partial charge in [0, 0.05) is 16.8 Å². The van der Waals surface area contributed by atoms with Gasteiger partial charge in [-0.3, -0.25) is 14.5 Å². The molecular weight excluding hydrogens is 260 g/mol. The van der Waals surface area contributed by atoms with Crippen LogP contribution in [-0.2, 0) is 27.5 Å². The lowest BCUT2D eigenvalue weighted by Gasteiger charge is -2.24. The highest BCUT2D eigenvalue weighted by Crippen LogP contribution is 2.47. The van der Waals surface area contributed by atoms with Crippen molar-refractivity contribution < 1.29 is 19.1 Å². The number of nitrogen functional groups attached to an aromatic ring is 1. The molecule has 104 valence electrons. The summed E-state index contributed by atoms with van der Waals surface area (Å²) < 4.78 is 10.7. The first-order valence-electron chi connectivity index (χ1n) is 6.62. The second kappa shape index (κ2) is 3.96. The van der Waals surface area contributed by atoms with Gasteiger partial charge in [-0.15, -0.1) is 0 Å². The van der Waals surface area contributed by atoms with E-state index in [0.717, 1.165) is 11.1 Å². The van der Waals surface area contributed by atoms with Gasteiger partial charge in [0.25, 0.3) is 0 Å². The highest BCUT2D eigenvalue weighted by atomic mass is 16.7. The maximum absolute atomic E-state index is 12.0. The van der Waals surface area contributed by atoms with E-state index in [2.05, 4.69) is 0 Å². The van der Waals surface area contributed by atoms with Gasteiger partial charge < -0.3 is 15.2 Å². The summed E-state index contributed by atoms with van der Waals surface area (Å²) in [5, 5.41) is 0. The third-order valence-electron chi connectivity index (χ3n) is 4.09. The van der Waals surface area contributed by atoms with Crippen LogP contribution >= 0.6 is 0 Å². The molecular formula is C14H14N2O4. The molecule has 2 fully saturated rings. The first-order valence-corrected chi connectivity index (χ1v) is 6.62. The number of benzene rings is 1. The van der Waals surface area contributed by atoms with Gasteiger partial charge in [-0.2, -0.15) is 0 Å². The van der Waals surface area contributed by atoms with Gasteiger partial charge >= 0.3 is 0 Å². The Morgan fingerprint density at radius 1 is 1.25 bits per heavy atom. The standard InChI is InChI=1S/C14H14N2O4/c15-9-1-7(12-8(2-9)5-19-6-20-12)4-16-13(17)10-3-11(10)14(16)18/h1-2,10-11H,3-6,15H2. The number of imide groups is 1. The Kier molecular flexibility index (Phi) is 2.32. The summed E-state index contributed by atoms with van der Waals surface area (Å²) in [4.78, 5) is 25.4. The SMILES string of the molecule is Nc1cc2c(c(CN3C(=O)C4CC4C3=O)c1)OCOC2. The zero-order valence-electron chi connectivity index (χ0n) is 10.8. The van der Waals surface area contributed by atoms with Crippen LogP contribution in [0.15, 0.2) is 12.1 Å². The summed E-state index contributed by atoms with van der Waals surface area (Å²) in [6, 6.07) is 3.55. The number of fused-ring (bicyclic) bond motifs is 2. The molecule has 0 radical (unpaired) electrons. The minimum Gasteiger partial charge on any atom is -0.467 e. The zero-order chi connectivity index (χ0) is 13.9. The molecule has 1 aromatic rings. The fraction of sp³-hybridized carbons (Fsp3) is 0.429. The molecule has 2 aliphatic heterocycles. The summed E-state index contributed by atoms with van der Waals surface area (Å²) in [5.41, 5.74) is 8.07. The third kappa shape index (κ3) is 1.61. The molecule has 6 nitrogen and oxygen atoms in total. The summed E-state index contributed by atoms with van der Waals surface area (Å²) >= 11 is 0. The molecule has 0 spiro atoms. The fourth-order valence-corrected chi connectivity index (χ4v) is 3.02. The number of hydrogen-bond acceptors (Lipinski definition) is 5. The molecule has 0 bridgehead atoms. The molecule has 2 amide bonds. The van der Waals surface area contributed by atoms with E-state index in [-0.39, 0.29) is 37.0 Å². The van der Waals surface area contributed by atoms with Crippen molar-refractivity contribution in [1.29, 1.82) is 0 Å². The van der Waals surface area contributed by atoms with Crippen molar-refractivity contribution in [2.45, 2.75) is 19.6 Å². The molecule has 6 heteroatoms. The van der Waals surface area contributed by atoms with E-state index in [1.54, 1.807) is 12.1 Å².